The number of carbonyl (C=O) groups excluding carboxylic acids is 1. The third kappa shape index (κ3) is 4.12. The summed E-state index contributed by atoms with van der Waals surface area (Å²) in [5.41, 5.74) is 3.86. The summed E-state index contributed by atoms with van der Waals surface area (Å²) in [7, 11) is 1.78. The minimum absolute atomic E-state index is 0.0117. The lowest BCUT2D eigenvalue weighted by Gasteiger charge is -2.16. The monoisotopic (exact) mass is 335 g/mol. The SMILES string of the molecule is Cc1ccc(C(=O)N(C)CCc2noc(-c3cccc(C)c3)n2)cc1. The van der Waals surface area contributed by atoms with Gasteiger partial charge in [0.15, 0.2) is 5.82 Å². The highest BCUT2D eigenvalue weighted by molar-refractivity contribution is 5.94. The lowest BCUT2D eigenvalue weighted by molar-refractivity contribution is 0.0796. The van der Waals surface area contributed by atoms with Gasteiger partial charge in [-0.3, -0.25) is 4.79 Å². The van der Waals surface area contributed by atoms with Crippen LogP contribution in [0.25, 0.3) is 11.5 Å². The normalized spacial score (nSPS) is 10.7. The Kier molecular flexibility index (Phi) is 4.93. The van der Waals surface area contributed by atoms with Crippen LogP contribution in [0, 0.1) is 13.8 Å². The molecule has 0 aliphatic carbocycles. The first-order valence-electron chi connectivity index (χ1n) is 8.24. The largest absolute Gasteiger partial charge is 0.341 e. The van der Waals surface area contributed by atoms with Gasteiger partial charge in [-0.2, -0.15) is 4.98 Å². The van der Waals surface area contributed by atoms with E-state index in [9.17, 15) is 4.79 Å². The Morgan fingerprint density at radius 3 is 2.56 bits per heavy atom. The molecule has 2 aromatic carbocycles. The van der Waals surface area contributed by atoms with Gasteiger partial charge in [0.05, 0.1) is 0 Å². The molecule has 0 aliphatic rings. The van der Waals surface area contributed by atoms with Crippen molar-refractivity contribution in [3.63, 3.8) is 0 Å². The highest BCUT2D eigenvalue weighted by Crippen LogP contribution is 2.18. The van der Waals surface area contributed by atoms with Crippen molar-refractivity contribution in [1.82, 2.24) is 15.0 Å². The molecule has 1 amide bonds. The van der Waals surface area contributed by atoms with E-state index in [0.717, 1.165) is 16.7 Å². The Balaban J connectivity index is 1.62. The van der Waals surface area contributed by atoms with E-state index < -0.39 is 0 Å². The molecule has 0 radical (unpaired) electrons. The van der Waals surface area contributed by atoms with Crippen molar-refractivity contribution in [2.24, 2.45) is 0 Å². The van der Waals surface area contributed by atoms with Crippen LogP contribution in [-0.2, 0) is 6.42 Å². The number of rotatable bonds is 5. The van der Waals surface area contributed by atoms with E-state index in [1.165, 1.54) is 0 Å². The van der Waals surface area contributed by atoms with E-state index in [1.807, 2.05) is 62.4 Å². The second-order valence-corrected chi connectivity index (χ2v) is 6.23. The van der Waals surface area contributed by atoms with Gasteiger partial charge < -0.3 is 9.42 Å². The van der Waals surface area contributed by atoms with Crippen molar-refractivity contribution in [3.05, 3.63) is 71.0 Å². The third-order valence-electron chi connectivity index (χ3n) is 4.05. The van der Waals surface area contributed by atoms with Crippen LogP contribution in [0.1, 0.15) is 27.3 Å². The van der Waals surface area contributed by atoms with Gasteiger partial charge in [-0.25, -0.2) is 0 Å². The van der Waals surface area contributed by atoms with Crippen molar-refractivity contribution in [2.75, 3.05) is 13.6 Å². The number of carbonyl (C=O) groups is 1. The Morgan fingerprint density at radius 1 is 1.08 bits per heavy atom. The topological polar surface area (TPSA) is 59.2 Å². The predicted octanol–water partition coefficient (Wildman–Crippen LogP) is 3.67. The smallest absolute Gasteiger partial charge is 0.257 e. The average Bonchev–Trinajstić information content (AvgIpc) is 3.09. The van der Waals surface area contributed by atoms with E-state index in [1.54, 1.807) is 11.9 Å². The predicted molar refractivity (Wildman–Crippen MR) is 96.3 cm³/mol. The fourth-order valence-electron chi connectivity index (χ4n) is 2.54. The maximum atomic E-state index is 12.4. The molecular weight excluding hydrogens is 314 g/mol. The first-order chi connectivity index (χ1) is 12.0. The summed E-state index contributed by atoms with van der Waals surface area (Å²) in [5, 5.41) is 4.01. The van der Waals surface area contributed by atoms with Gasteiger partial charge in [0.25, 0.3) is 11.8 Å². The summed E-state index contributed by atoms with van der Waals surface area (Å²) < 4.78 is 5.33. The Bertz CT molecular complexity index is 869. The van der Waals surface area contributed by atoms with Gasteiger partial charge in [-0.1, -0.05) is 40.5 Å². The number of amides is 1. The lowest BCUT2D eigenvalue weighted by Crippen LogP contribution is -2.29. The van der Waals surface area contributed by atoms with Crippen LogP contribution in [0.15, 0.2) is 53.1 Å². The van der Waals surface area contributed by atoms with Crippen molar-refractivity contribution < 1.29 is 9.32 Å². The van der Waals surface area contributed by atoms with E-state index in [0.29, 0.717) is 30.2 Å². The fourth-order valence-corrected chi connectivity index (χ4v) is 2.54. The molecule has 0 unspecified atom stereocenters. The van der Waals surface area contributed by atoms with Gasteiger partial charge >= 0.3 is 0 Å². The lowest BCUT2D eigenvalue weighted by atomic mass is 10.1. The maximum Gasteiger partial charge on any atom is 0.257 e. The molecule has 1 heterocycles. The number of benzene rings is 2. The summed E-state index contributed by atoms with van der Waals surface area (Å²) in [6.07, 6.45) is 0.545. The van der Waals surface area contributed by atoms with E-state index in [-0.39, 0.29) is 5.91 Å². The van der Waals surface area contributed by atoms with Gasteiger partial charge in [0.2, 0.25) is 0 Å². The summed E-state index contributed by atoms with van der Waals surface area (Å²) in [6, 6.07) is 15.5. The molecule has 3 rings (SSSR count). The molecule has 128 valence electrons. The quantitative estimate of drug-likeness (QED) is 0.714. The van der Waals surface area contributed by atoms with Crippen LogP contribution in [-0.4, -0.2) is 34.5 Å². The number of hydrogen-bond donors (Lipinski definition) is 0. The van der Waals surface area contributed by atoms with Crippen LogP contribution >= 0.6 is 0 Å². The highest BCUT2D eigenvalue weighted by atomic mass is 16.5. The van der Waals surface area contributed by atoms with Crippen LogP contribution in [0.2, 0.25) is 0 Å². The second kappa shape index (κ2) is 7.30. The van der Waals surface area contributed by atoms with Crippen molar-refractivity contribution >= 4 is 5.91 Å². The summed E-state index contributed by atoms with van der Waals surface area (Å²) >= 11 is 0. The van der Waals surface area contributed by atoms with E-state index in [2.05, 4.69) is 10.1 Å². The minimum atomic E-state index is -0.0117. The molecule has 0 saturated carbocycles. The van der Waals surface area contributed by atoms with Crippen LogP contribution in [0.5, 0.6) is 0 Å². The molecule has 1 aromatic heterocycles. The fraction of sp³-hybridized carbons (Fsp3) is 0.250. The van der Waals surface area contributed by atoms with Crippen LogP contribution in [0.4, 0.5) is 0 Å². The Hall–Kier alpha value is -2.95. The Labute approximate surface area is 147 Å². The maximum absolute atomic E-state index is 12.4. The highest BCUT2D eigenvalue weighted by Gasteiger charge is 2.14. The molecule has 25 heavy (non-hydrogen) atoms. The van der Waals surface area contributed by atoms with Gasteiger partial charge in [-0.05, 0) is 38.1 Å². The van der Waals surface area contributed by atoms with Gasteiger partial charge in [0, 0.05) is 31.1 Å². The zero-order valence-electron chi connectivity index (χ0n) is 14.7. The molecule has 3 aromatic rings. The number of aryl methyl sites for hydroxylation is 2. The second-order valence-electron chi connectivity index (χ2n) is 6.23. The minimum Gasteiger partial charge on any atom is -0.341 e. The molecule has 0 atom stereocenters. The summed E-state index contributed by atoms with van der Waals surface area (Å²) in [5.74, 6) is 1.09. The molecule has 0 spiro atoms. The Morgan fingerprint density at radius 2 is 1.84 bits per heavy atom. The first-order valence-corrected chi connectivity index (χ1v) is 8.24. The van der Waals surface area contributed by atoms with Crippen molar-refractivity contribution in [2.45, 2.75) is 20.3 Å². The summed E-state index contributed by atoms with van der Waals surface area (Å²) in [4.78, 5) is 18.5. The summed E-state index contributed by atoms with van der Waals surface area (Å²) in [6.45, 7) is 4.55. The number of hydrogen-bond acceptors (Lipinski definition) is 4. The number of nitrogens with zero attached hydrogens (tertiary/aromatic N) is 3. The molecule has 0 fully saturated rings. The van der Waals surface area contributed by atoms with Gasteiger partial charge in [-0.15, -0.1) is 0 Å². The standard InChI is InChI=1S/C20H21N3O2/c1-14-7-9-16(10-8-14)20(24)23(3)12-11-18-21-19(25-22-18)17-6-4-5-15(2)13-17/h4-10,13H,11-12H2,1-3H3. The third-order valence-corrected chi connectivity index (χ3v) is 4.05. The zero-order valence-corrected chi connectivity index (χ0v) is 14.7. The van der Waals surface area contributed by atoms with Gasteiger partial charge in [0.1, 0.15) is 0 Å². The van der Waals surface area contributed by atoms with E-state index >= 15 is 0 Å². The number of likely N-dealkylation sites (N-methyl/N-ethyl adjacent to an activating group) is 1. The number of aromatic nitrogens is 2. The molecule has 0 saturated heterocycles. The van der Waals surface area contributed by atoms with Crippen molar-refractivity contribution in [1.29, 1.82) is 0 Å². The van der Waals surface area contributed by atoms with Crippen molar-refractivity contribution in [3.8, 4) is 11.5 Å². The van der Waals surface area contributed by atoms with Crippen LogP contribution < -0.4 is 0 Å². The molecule has 5 nitrogen and oxygen atoms in total. The molecule has 5 heteroatoms. The first kappa shape index (κ1) is 16.9. The zero-order chi connectivity index (χ0) is 17.8. The van der Waals surface area contributed by atoms with Crippen LogP contribution in [0.3, 0.4) is 0 Å². The molecule has 0 aliphatic heterocycles. The average molecular weight is 335 g/mol. The van der Waals surface area contributed by atoms with E-state index in [4.69, 9.17) is 4.52 Å². The molecular formula is C20H21N3O2. The molecule has 0 N–H and O–H groups in total. The molecule has 0 bridgehead atoms.